The second-order valence-electron chi connectivity index (χ2n) is 6.73. The first-order chi connectivity index (χ1) is 8.41. The van der Waals surface area contributed by atoms with Gasteiger partial charge in [-0.2, -0.15) is 0 Å². The van der Waals surface area contributed by atoms with E-state index in [9.17, 15) is 0 Å². The van der Waals surface area contributed by atoms with Crippen molar-refractivity contribution in [3.8, 4) is 0 Å². The van der Waals surface area contributed by atoms with Crippen LogP contribution in [0.5, 0.6) is 0 Å². The van der Waals surface area contributed by atoms with Gasteiger partial charge in [-0.15, -0.1) is 0 Å². The quantitative estimate of drug-likeness (QED) is 0.719. The van der Waals surface area contributed by atoms with Crippen LogP contribution in [0.2, 0.25) is 6.32 Å². The Kier molecular flexibility index (Phi) is 4.40. The van der Waals surface area contributed by atoms with E-state index in [1.54, 1.807) is 0 Å². The minimum Gasteiger partial charge on any atom is -0.403 e. The Morgan fingerprint density at radius 2 is 1.50 bits per heavy atom. The summed E-state index contributed by atoms with van der Waals surface area (Å²) >= 11 is 0. The Bertz CT molecular complexity index is 259. The summed E-state index contributed by atoms with van der Waals surface area (Å²) in [5, 5.41) is 0. The van der Waals surface area contributed by atoms with Crippen molar-refractivity contribution in [2.24, 2.45) is 0 Å². The highest BCUT2D eigenvalue weighted by Crippen LogP contribution is 2.37. The number of rotatable bonds is 4. The molecule has 0 aliphatic carbocycles. The fourth-order valence-corrected chi connectivity index (χ4v) is 2.75. The predicted octanol–water partition coefficient (Wildman–Crippen LogP) is 2.95. The van der Waals surface area contributed by atoms with Crippen LogP contribution in [0.1, 0.15) is 53.4 Å². The second-order valence-corrected chi connectivity index (χ2v) is 6.73. The topological polar surface area (TPSA) is 21.7 Å². The molecule has 4 heteroatoms. The van der Waals surface area contributed by atoms with Crippen molar-refractivity contribution in [3.63, 3.8) is 0 Å². The van der Waals surface area contributed by atoms with Crippen LogP contribution in [0.15, 0.2) is 0 Å². The van der Waals surface area contributed by atoms with Crippen molar-refractivity contribution in [2.45, 2.75) is 70.9 Å². The Hall–Kier alpha value is -0.0551. The van der Waals surface area contributed by atoms with Crippen LogP contribution in [0.4, 0.5) is 0 Å². The molecule has 0 amide bonds. The van der Waals surface area contributed by atoms with E-state index in [-0.39, 0.29) is 18.3 Å². The summed E-state index contributed by atoms with van der Waals surface area (Å²) in [5.41, 5.74) is -0.356. The molecule has 0 unspecified atom stereocenters. The summed E-state index contributed by atoms with van der Waals surface area (Å²) < 4.78 is 12.0. The molecule has 3 nitrogen and oxygen atoms in total. The molecule has 2 rings (SSSR count). The highest BCUT2D eigenvalue weighted by atomic mass is 16.7. The van der Waals surface area contributed by atoms with E-state index in [0.717, 1.165) is 6.32 Å². The zero-order valence-corrected chi connectivity index (χ0v) is 12.5. The van der Waals surface area contributed by atoms with Crippen LogP contribution in [0.3, 0.4) is 0 Å². The van der Waals surface area contributed by atoms with Gasteiger partial charge in [0.15, 0.2) is 0 Å². The van der Waals surface area contributed by atoms with Gasteiger partial charge in [-0.25, -0.2) is 0 Å². The summed E-state index contributed by atoms with van der Waals surface area (Å²) in [5.74, 6) is 0. The molecule has 0 aromatic heterocycles. The first kappa shape index (κ1) is 14.4. The van der Waals surface area contributed by atoms with Crippen molar-refractivity contribution in [1.29, 1.82) is 0 Å². The van der Waals surface area contributed by atoms with Crippen molar-refractivity contribution >= 4 is 7.12 Å². The van der Waals surface area contributed by atoms with Crippen LogP contribution in [-0.2, 0) is 9.31 Å². The predicted molar refractivity (Wildman–Crippen MR) is 75.8 cm³/mol. The van der Waals surface area contributed by atoms with Gasteiger partial charge in [-0.1, -0.05) is 6.42 Å². The fourth-order valence-electron chi connectivity index (χ4n) is 2.75. The molecular weight excluding hydrogens is 225 g/mol. The zero-order valence-electron chi connectivity index (χ0n) is 12.5. The molecule has 0 bridgehead atoms. The van der Waals surface area contributed by atoms with Gasteiger partial charge >= 0.3 is 7.12 Å². The largest absolute Gasteiger partial charge is 0.457 e. The van der Waals surface area contributed by atoms with E-state index in [0.29, 0.717) is 0 Å². The van der Waals surface area contributed by atoms with Crippen LogP contribution in [0.25, 0.3) is 0 Å². The lowest BCUT2D eigenvalue weighted by molar-refractivity contribution is 0.00578. The summed E-state index contributed by atoms with van der Waals surface area (Å²) in [4.78, 5) is 2.58. The number of hydrogen-bond donors (Lipinski definition) is 0. The van der Waals surface area contributed by atoms with Crippen LogP contribution in [-0.4, -0.2) is 42.9 Å². The van der Waals surface area contributed by atoms with Gasteiger partial charge in [0.2, 0.25) is 0 Å². The average molecular weight is 253 g/mol. The summed E-state index contributed by atoms with van der Waals surface area (Å²) in [6, 6.07) is 0. The molecule has 104 valence electrons. The third-order valence-electron chi connectivity index (χ3n) is 4.66. The fraction of sp³-hybridized carbons (Fsp3) is 1.00. The Labute approximate surface area is 112 Å². The Balaban J connectivity index is 1.69. The minimum absolute atomic E-state index is 0.0141. The minimum atomic E-state index is -0.178. The lowest BCUT2D eigenvalue weighted by Gasteiger charge is -2.32. The van der Waals surface area contributed by atoms with Crippen molar-refractivity contribution < 1.29 is 9.31 Å². The molecule has 2 saturated heterocycles. The maximum atomic E-state index is 6.01. The molecule has 0 aromatic carbocycles. The van der Waals surface area contributed by atoms with Gasteiger partial charge in [0, 0.05) is 0 Å². The van der Waals surface area contributed by atoms with E-state index >= 15 is 0 Å². The van der Waals surface area contributed by atoms with E-state index in [1.165, 1.54) is 45.3 Å². The van der Waals surface area contributed by atoms with E-state index < -0.39 is 0 Å². The molecule has 2 heterocycles. The van der Waals surface area contributed by atoms with Gasteiger partial charge in [-0.3, -0.25) is 0 Å². The first-order valence-corrected chi connectivity index (χ1v) is 7.49. The highest BCUT2D eigenvalue weighted by Gasteiger charge is 2.50. The second kappa shape index (κ2) is 5.52. The molecule has 18 heavy (non-hydrogen) atoms. The Morgan fingerprint density at radius 3 is 2.06 bits per heavy atom. The zero-order chi connectivity index (χ0) is 13.2. The summed E-state index contributed by atoms with van der Waals surface area (Å²) in [6.45, 7) is 12.3. The molecular formula is C14H28BNO2. The number of piperidine rings is 1. The highest BCUT2D eigenvalue weighted by molar-refractivity contribution is 6.45. The molecule has 2 aliphatic rings. The van der Waals surface area contributed by atoms with Gasteiger partial charge in [0.1, 0.15) is 0 Å². The van der Waals surface area contributed by atoms with Crippen molar-refractivity contribution in [3.05, 3.63) is 0 Å². The smallest absolute Gasteiger partial charge is 0.403 e. The van der Waals surface area contributed by atoms with Gasteiger partial charge in [0.25, 0.3) is 0 Å². The molecule has 0 saturated carbocycles. The molecule has 0 radical (unpaired) electrons. The number of likely N-dealkylation sites (tertiary alicyclic amines) is 1. The van der Waals surface area contributed by atoms with E-state index in [1.807, 2.05) is 0 Å². The lowest BCUT2D eigenvalue weighted by Crippen LogP contribution is -2.41. The lowest BCUT2D eigenvalue weighted by atomic mass is 9.83. The third-order valence-corrected chi connectivity index (χ3v) is 4.66. The molecule has 0 atom stereocenters. The van der Waals surface area contributed by atoms with Crippen LogP contribution in [0, 0.1) is 0 Å². The molecule has 0 N–H and O–H groups in total. The summed E-state index contributed by atoms with van der Waals surface area (Å²) in [7, 11) is -0.0141. The SMILES string of the molecule is CC1(C)OB(CCCN2CCCCC2)OC1(C)C. The van der Waals surface area contributed by atoms with E-state index in [4.69, 9.17) is 9.31 Å². The van der Waals surface area contributed by atoms with Gasteiger partial charge in [-0.05, 0) is 72.9 Å². The maximum Gasteiger partial charge on any atom is 0.457 e. The molecule has 0 aromatic rings. The molecule has 2 aliphatic heterocycles. The number of nitrogens with zero attached hydrogens (tertiary/aromatic N) is 1. The van der Waals surface area contributed by atoms with E-state index in [2.05, 4.69) is 32.6 Å². The number of hydrogen-bond acceptors (Lipinski definition) is 3. The third kappa shape index (κ3) is 3.28. The van der Waals surface area contributed by atoms with Crippen molar-refractivity contribution in [2.75, 3.05) is 19.6 Å². The standard InChI is InChI=1S/C14H28BNO2/c1-13(2)14(3,4)18-15(17-13)9-8-12-16-10-6-5-7-11-16/h5-12H2,1-4H3. The van der Waals surface area contributed by atoms with Gasteiger partial charge in [0.05, 0.1) is 11.2 Å². The maximum absolute atomic E-state index is 6.01. The molecule has 0 spiro atoms. The van der Waals surface area contributed by atoms with Crippen molar-refractivity contribution in [1.82, 2.24) is 4.90 Å². The summed E-state index contributed by atoms with van der Waals surface area (Å²) in [6.07, 6.45) is 6.35. The van der Waals surface area contributed by atoms with Gasteiger partial charge < -0.3 is 14.2 Å². The Morgan fingerprint density at radius 1 is 0.944 bits per heavy atom. The molecule has 2 fully saturated rings. The monoisotopic (exact) mass is 253 g/mol. The normalized spacial score (nSPS) is 27.7. The average Bonchev–Trinajstić information content (AvgIpc) is 2.49. The van der Waals surface area contributed by atoms with Crippen LogP contribution < -0.4 is 0 Å². The van der Waals surface area contributed by atoms with Crippen LogP contribution >= 0.6 is 0 Å². The first-order valence-electron chi connectivity index (χ1n) is 7.49.